The number of nitrogens with zero attached hydrogens (tertiary/aromatic N) is 2. The number of methoxy groups -OCH3 is 1. The highest BCUT2D eigenvalue weighted by Crippen LogP contribution is 2.25. The van der Waals surface area contributed by atoms with Crippen LogP contribution in [0.15, 0.2) is 12.1 Å². The Morgan fingerprint density at radius 1 is 1.45 bits per heavy atom. The lowest BCUT2D eigenvalue weighted by molar-refractivity contribution is -0.389. The Bertz CT molecular complexity index is 553. The summed E-state index contributed by atoms with van der Waals surface area (Å²) in [6.45, 7) is 2.55. The van der Waals surface area contributed by atoms with Gasteiger partial charge in [0.25, 0.3) is 5.91 Å². The van der Waals surface area contributed by atoms with Crippen LogP contribution in [0.4, 0.5) is 5.82 Å². The van der Waals surface area contributed by atoms with E-state index in [2.05, 4.69) is 4.98 Å². The van der Waals surface area contributed by atoms with Crippen molar-refractivity contribution in [1.29, 1.82) is 0 Å². The molecular formula is C12H15N3O5. The molecule has 0 bridgehead atoms. The van der Waals surface area contributed by atoms with E-state index in [1.807, 2.05) is 6.92 Å². The Kier molecular flexibility index (Phi) is 3.73. The van der Waals surface area contributed by atoms with Crippen LogP contribution in [-0.4, -0.2) is 46.9 Å². The molecule has 8 heteroatoms. The summed E-state index contributed by atoms with van der Waals surface area (Å²) in [5.41, 5.74) is 0.148. The third kappa shape index (κ3) is 2.49. The second-order valence-electron chi connectivity index (χ2n) is 4.83. The van der Waals surface area contributed by atoms with Crippen LogP contribution in [0.5, 0.6) is 0 Å². The number of nitrogens with one attached hydrogen (secondary N) is 1. The van der Waals surface area contributed by atoms with Crippen LogP contribution < -0.4 is 0 Å². The zero-order chi connectivity index (χ0) is 14.9. The van der Waals surface area contributed by atoms with Gasteiger partial charge >= 0.3 is 11.8 Å². The number of likely N-dealkylation sites (tertiary alicyclic amines) is 1. The molecule has 8 nitrogen and oxygen atoms in total. The lowest BCUT2D eigenvalue weighted by Gasteiger charge is -2.13. The smallest absolute Gasteiger partial charge is 0.321 e. The van der Waals surface area contributed by atoms with E-state index < -0.39 is 4.92 Å². The molecule has 1 aliphatic rings. The number of amides is 1. The molecule has 1 aromatic rings. The largest absolute Gasteiger partial charge is 0.469 e. The minimum Gasteiger partial charge on any atom is -0.469 e. The maximum atomic E-state index is 12.2. The molecule has 20 heavy (non-hydrogen) atoms. The van der Waals surface area contributed by atoms with Crippen molar-refractivity contribution >= 4 is 17.7 Å². The number of aromatic nitrogens is 1. The van der Waals surface area contributed by atoms with E-state index in [1.165, 1.54) is 24.1 Å². The summed E-state index contributed by atoms with van der Waals surface area (Å²) in [4.78, 5) is 37.7. The number of carbonyl (C=O) groups is 2. The highest BCUT2D eigenvalue weighted by Gasteiger charge is 2.38. The molecule has 0 aromatic carbocycles. The van der Waals surface area contributed by atoms with Crippen LogP contribution in [0.25, 0.3) is 0 Å². The second-order valence-corrected chi connectivity index (χ2v) is 4.83. The van der Waals surface area contributed by atoms with Crippen molar-refractivity contribution in [2.24, 2.45) is 11.8 Å². The molecular weight excluding hydrogens is 266 g/mol. The molecule has 1 N–H and O–H groups in total. The van der Waals surface area contributed by atoms with E-state index in [1.54, 1.807) is 0 Å². The number of esters is 1. The molecule has 2 heterocycles. The number of hydrogen-bond acceptors (Lipinski definition) is 5. The van der Waals surface area contributed by atoms with Gasteiger partial charge in [0, 0.05) is 19.2 Å². The Morgan fingerprint density at radius 2 is 2.15 bits per heavy atom. The Balaban J connectivity index is 2.10. The first-order valence-corrected chi connectivity index (χ1v) is 6.14. The monoisotopic (exact) mass is 281 g/mol. The summed E-state index contributed by atoms with van der Waals surface area (Å²) < 4.78 is 4.70. The van der Waals surface area contributed by atoms with E-state index in [-0.39, 0.29) is 41.8 Å². The van der Waals surface area contributed by atoms with Crippen molar-refractivity contribution in [2.75, 3.05) is 20.2 Å². The number of hydrogen-bond donors (Lipinski definition) is 1. The first-order valence-electron chi connectivity index (χ1n) is 6.14. The van der Waals surface area contributed by atoms with Gasteiger partial charge in [-0.2, -0.15) is 0 Å². The summed E-state index contributed by atoms with van der Waals surface area (Å²) in [5.74, 6) is -1.28. The molecule has 0 saturated carbocycles. The number of aromatic amines is 1. The van der Waals surface area contributed by atoms with Crippen LogP contribution in [0.3, 0.4) is 0 Å². The molecule has 0 spiro atoms. The van der Waals surface area contributed by atoms with Gasteiger partial charge < -0.3 is 19.8 Å². The van der Waals surface area contributed by atoms with E-state index in [0.717, 1.165) is 0 Å². The first-order chi connectivity index (χ1) is 9.43. The van der Waals surface area contributed by atoms with Gasteiger partial charge in [-0.15, -0.1) is 0 Å². The van der Waals surface area contributed by atoms with Gasteiger partial charge in [0.2, 0.25) is 0 Å². The lowest BCUT2D eigenvalue weighted by Crippen LogP contribution is -2.30. The zero-order valence-corrected chi connectivity index (χ0v) is 11.2. The van der Waals surface area contributed by atoms with Gasteiger partial charge in [-0.05, 0) is 16.9 Å². The summed E-state index contributed by atoms with van der Waals surface area (Å²) in [6.07, 6.45) is 0. The zero-order valence-electron chi connectivity index (χ0n) is 11.2. The predicted octanol–water partition coefficient (Wildman–Crippen LogP) is 0.804. The Morgan fingerprint density at radius 3 is 2.70 bits per heavy atom. The van der Waals surface area contributed by atoms with Crippen molar-refractivity contribution in [1.82, 2.24) is 9.88 Å². The van der Waals surface area contributed by atoms with Crippen molar-refractivity contribution < 1.29 is 19.2 Å². The van der Waals surface area contributed by atoms with Gasteiger partial charge in [-0.25, -0.2) is 4.98 Å². The third-order valence-corrected chi connectivity index (χ3v) is 3.50. The minimum absolute atomic E-state index is 0.00338. The third-order valence-electron chi connectivity index (χ3n) is 3.50. The molecule has 2 atom stereocenters. The predicted molar refractivity (Wildman–Crippen MR) is 68.0 cm³/mol. The number of carbonyl (C=O) groups excluding carboxylic acids is 2. The highest BCUT2D eigenvalue weighted by molar-refractivity contribution is 5.93. The average Bonchev–Trinajstić information content (AvgIpc) is 3.03. The molecule has 1 fully saturated rings. The molecule has 0 aliphatic carbocycles. The van der Waals surface area contributed by atoms with Gasteiger partial charge in [-0.3, -0.25) is 9.59 Å². The van der Waals surface area contributed by atoms with Crippen LogP contribution in [0.1, 0.15) is 17.4 Å². The Labute approximate surface area is 114 Å². The topological polar surface area (TPSA) is 106 Å². The van der Waals surface area contributed by atoms with Crippen molar-refractivity contribution in [3.05, 3.63) is 27.9 Å². The van der Waals surface area contributed by atoms with Gasteiger partial charge in [-0.1, -0.05) is 6.92 Å². The van der Waals surface area contributed by atoms with Crippen LogP contribution in [-0.2, 0) is 9.53 Å². The maximum absolute atomic E-state index is 12.2. The van der Waals surface area contributed by atoms with Crippen LogP contribution in [0, 0.1) is 22.0 Å². The van der Waals surface area contributed by atoms with Gasteiger partial charge in [0.15, 0.2) is 5.69 Å². The minimum atomic E-state index is -0.597. The SMILES string of the molecule is COC(=O)C1CN(C(=O)c2ccc([N+](=O)[O-])[nH]2)CC1C. The summed E-state index contributed by atoms with van der Waals surface area (Å²) >= 11 is 0. The molecule has 2 unspecified atom stereocenters. The van der Waals surface area contributed by atoms with Crippen molar-refractivity contribution in [2.45, 2.75) is 6.92 Å². The molecule has 0 radical (unpaired) electrons. The summed E-state index contributed by atoms with van der Waals surface area (Å²) in [6, 6.07) is 2.61. The Hall–Kier alpha value is -2.38. The number of nitro groups is 1. The van der Waals surface area contributed by atoms with Crippen LogP contribution in [0.2, 0.25) is 0 Å². The summed E-state index contributed by atoms with van der Waals surface area (Å²) in [7, 11) is 1.31. The quantitative estimate of drug-likeness (QED) is 0.501. The number of rotatable bonds is 3. The molecule has 1 aromatic heterocycles. The highest BCUT2D eigenvalue weighted by atomic mass is 16.6. The molecule has 108 valence electrons. The average molecular weight is 281 g/mol. The van der Waals surface area contributed by atoms with E-state index in [0.29, 0.717) is 6.54 Å². The second kappa shape index (κ2) is 5.32. The fourth-order valence-electron chi connectivity index (χ4n) is 2.38. The molecule has 1 saturated heterocycles. The molecule has 2 rings (SSSR count). The molecule has 1 aliphatic heterocycles. The number of H-pyrrole nitrogens is 1. The fourth-order valence-corrected chi connectivity index (χ4v) is 2.38. The lowest BCUT2D eigenvalue weighted by atomic mass is 9.99. The van der Waals surface area contributed by atoms with Crippen molar-refractivity contribution in [3.8, 4) is 0 Å². The normalized spacial score (nSPS) is 21.8. The van der Waals surface area contributed by atoms with E-state index >= 15 is 0 Å². The maximum Gasteiger partial charge on any atom is 0.321 e. The number of ether oxygens (including phenoxy) is 1. The van der Waals surface area contributed by atoms with Crippen LogP contribution >= 0.6 is 0 Å². The van der Waals surface area contributed by atoms with Gasteiger partial charge in [0.05, 0.1) is 13.0 Å². The summed E-state index contributed by atoms with van der Waals surface area (Å²) in [5, 5.41) is 10.6. The van der Waals surface area contributed by atoms with Gasteiger partial charge in [0.1, 0.15) is 0 Å². The first kappa shape index (κ1) is 14.0. The fraction of sp³-hybridized carbons (Fsp3) is 0.500. The van der Waals surface area contributed by atoms with E-state index in [9.17, 15) is 19.7 Å². The van der Waals surface area contributed by atoms with E-state index in [4.69, 9.17) is 4.74 Å². The molecule has 1 amide bonds. The van der Waals surface area contributed by atoms with Crippen molar-refractivity contribution in [3.63, 3.8) is 0 Å². The standard InChI is InChI=1S/C12H15N3O5/c1-7-5-14(6-8(7)12(17)20-2)11(16)9-3-4-10(13-9)15(18)19/h3-4,7-8,13H,5-6H2,1-2H3.